The summed E-state index contributed by atoms with van der Waals surface area (Å²) >= 11 is 6.57. The number of rotatable bonds is 3. The number of halogens is 2. The first kappa shape index (κ1) is 9.26. The zero-order valence-electron chi connectivity index (χ0n) is 4.98. The Hall–Kier alpha value is 0.260. The summed E-state index contributed by atoms with van der Waals surface area (Å²) in [5.41, 5.74) is 0. The van der Waals surface area contributed by atoms with Crippen LogP contribution in [0.4, 0.5) is 0 Å². The summed E-state index contributed by atoms with van der Waals surface area (Å²) in [7, 11) is 0. The van der Waals surface area contributed by atoms with Crippen LogP contribution in [-0.2, 0) is 0 Å². The Labute approximate surface area is 73.0 Å². The van der Waals surface area contributed by atoms with Gasteiger partial charge in [-0.05, 0) is 6.42 Å². The van der Waals surface area contributed by atoms with Crippen molar-refractivity contribution in [3.05, 3.63) is 12.2 Å². The number of alkyl halides is 2. The molecule has 50 valence electrons. The zero-order chi connectivity index (χ0) is 7.11. The number of hydrogen-bond donors (Lipinski definition) is 0. The predicted molar refractivity (Wildman–Crippen MR) is 49.1 cm³/mol. The lowest BCUT2D eigenvalue weighted by atomic mass is 10.3. The highest BCUT2D eigenvalue weighted by atomic mass is 79.9. The molecule has 1 atom stereocenters. The molecule has 0 radical (unpaired) electrons. The molecule has 0 fully saturated rings. The van der Waals surface area contributed by atoms with Crippen molar-refractivity contribution in [3.63, 3.8) is 0 Å². The van der Waals surface area contributed by atoms with Crippen LogP contribution in [0.25, 0.3) is 0 Å². The molecule has 0 nitrogen and oxygen atoms in total. The van der Waals surface area contributed by atoms with E-state index in [0.29, 0.717) is 0 Å². The highest BCUT2D eigenvalue weighted by Gasteiger charge is 1.86. The Kier molecular flexibility index (Phi) is 6.57. The molecule has 0 saturated carbocycles. The lowest BCUT2D eigenvalue weighted by Crippen LogP contribution is -1.83. The maximum absolute atomic E-state index is 5.09. The van der Waals surface area contributed by atoms with Crippen LogP contribution in [0.2, 0.25) is 0 Å². The molecule has 0 aliphatic carbocycles. The Morgan fingerprint density at radius 2 is 2.33 bits per heavy atom. The molecular weight excluding hydrogens is 244 g/mol. The minimum atomic E-state index is 0.0940. The molecule has 9 heavy (non-hydrogen) atoms. The van der Waals surface area contributed by atoms with Crippen LogP contribution in [0.1, 0.15) is 6.42 Å². The summed E-state index contributed by atoms with van der Waals surface area (Å²) in [4.78, 5) is 0.0940. The topological polar surface area (TPSA) is 0 Å². The first-order valence-corrected chi connectivity index (χ1v) is 4.67. The minimum absolute atomic E-state index is 0.0940. The molecule has 0 spiro atoms. The Morgan fingerprint density at radius 1 is 1.67 bits per heavy atom. The van der Waals surface area contributed by atoms with Crippen molar-refractivity contribution in [2.45, 2.75) is 11.2 Å². The average Bonchev–Trinajstić information content (AvgIpc) is 1.89. The summed E-state index contributed by atoms with van der Waals surface area (Å²) in [6, 6.07) is 0. The second kappa shape index (κ2) is 6.38. The van der Waals surface area contributed by atoms with Gasteiger partial charge in [0, 0.05) is 5.33 Å². The van der Waals surface area contributed by atoms with E-state index in [9.17, 15) is 0 Å². The van der Waals surface area contributed by atoms with Crippen LogP contribution in [0, 0.1) is 12.3 Å². The summed E-state index contributed by atoms with van der Waals surface area (Å²) in [6.07, 6.45) is 10.1. The van der Waals surface area contributed by atoms with Crippen molar-refractivity contribution in [1.29, 1.82) is 0 Å². The van der Waals surface area contributed by atoms with Crippen LogP contribution in [0.5, 0.6) is 0 Å². The second-order valence-electron chi connectivity index (χ2n) is 1.47. The molecule has 0 heterocycles. The third-order valence-electron chi connectivity index (χ3n) is 0.740. The number of terminal acetylenes is 1. The quantitative estimate of drug-likeness (QED) is 0.411. The van der Waals surface area contributed by atoms with Gasteiger partial charge in [-0.3, -0.25) is 0 Å². The van der Waals surface area contributed by atoms with Crippen molar-refractivity contribution < 1.29 is 0 Å². The fraction of sp³-hybridized carbons (Fsp3) is 0.429. The zero-order valence-corrected chi connectivity index (χ0v) is 8.15. The van der Waals surface area contributed by atoms with E-state index in [0.717, 1.165) is 11.8 Å². The molecular formula is C7H8Br2. The molecule has 0 aromatic rings. The third-order valence-corrected chi connectivity index (χ3v) is 1.77. The van der Waals surface area contributed by atoms with Gasteiger partial charge < -0.3 is 0 Å². The van der Waals surface area contributed by atoms with Crippen molar-refractivity contribution in [2.24, 2.45) is 0 Å². The van der Waals surface area contributed by atoms with Crippen molar-refractivity contribution in [2.75, 3.05) is 5.33 Å². The largest absolute Gasteiger partial charge is 0.119 e. The third kappa shape index (κ3) is 6.14. The molecule has 0 amide bonds. The van der Waals surface area contributed by atoms with E-state index >= 15 is 0 Å². The van der Waals surface area contributed by atoms with Gasteiger partial charge in [-0.1, -0.05) is 49.9 Å². The second-order valence-corrected chi connectivity index (χ2v) is 3.25. The molecule has 0 saturated heterocycles. The van der Waals surface area contributed by atoms with Crippen LogP contribution in [0.15, 0.2) is 12.2 Å². The predicted octanol–water partition coefficient (Wildman–Crippen LogP) is 2.72. The first-order valence-electron chi connectivity index (χ1n) is 2.64. The van der Waals surface area contributed by atoms with Crippen LogP contribution >= 0.6 is 31.9 Å². The van der Waals surface area contributed by atoms with Gasteiger partial charge in [0.15, 0.2) is 0 Å². The van der Waals surface area contributed by atoms with Gasteiger partial charge in [-0.25, -0.2) is 0 Å². The molecule has 0 bridgehead atoms. The number of allylic oxidation sites excluding steroid dienone is 2. The summed E-state index contributed by atoms with van der Waals surface area (Å²) in [6.45, 7) is 0. The van der Waals surface area contributed by atoms with E-state index in [1.54, 1.807) is 0 Å². The van der Waals surface area contributed by atoms with Crippen LogP contribution in [-0.4, -0.2) is 10.2 Å². The fourth-order valence-corrected chi connectivity index (χ4v) is 0.814. The lowest BCUT2D eigenvalue weighted by Gasteiger charge is -1.88. The van der Waals surface area contributed by atoms with Gasteiger partial charge in [0.2, 0.25) is 0 Å². The normalized spacial score (nSPS) is 13.4. The maximum atomic E-state index is 5.09. The molecule has 1 unspecified atom stereocenters. The van der Waals surface area contributed by atoms with Crippen LogP contribution < -0.4 is 0 Å². The smallest absolute Gasteiger partial charge is 0.0931 e. The SMILES string of the molecule is C#CC(Br)C=CCCBr. The van der Waals surface area contributed by atoms with Gasteiger partial charge in [0.1, 0.15) is 0 Å². The monoisotopic (exact) mass is 250 g/mol. The van der Waals surface area contributed by atoms with Crippen molar-refractivity contribution in [3.8, 4) is 12.3 Å². The molecule has 0 N–H and O–H groups in total. The number of hydrogen-bond acceptors (Lipinski definition) is 0. The molecule has 0 aliphatic rings. The van der Waals surface area contributed by atoms with Gasteiger partial charge in [-0.15, -0.1) is 6.42 Å². The van der Waals surface area contributed by atoms with E-state index < -0.39 is 0 Å². The van der Waals surface area contributed by atoms with Gasteiger partial charge >= 0.3 is 0 Å². The van der Waals surface area contributed by atoms with E-state index in [1.807, 2.05) is 12.2 Å². The lowest BCUT2D eigenvalue weighted by molar-refractivity contribution is 1.24. The minimum Gasteiger partial charge on any atom is -0.119 e. The van der Waals surface area contributed by atoms with Gasteiger partial charge in [0.05, 0.1) is 4.83 Å². The molecule has 2 heteroatoms. The van der Waals surface area contributed by atoms with E-state index in [-0.39, 0.29) is 4.83 Å². The van der Waals surface area contributed by atoms with Crippen molar-refractivity contribution >= 4 is 31.9 Å². The maximum Gasteiger partial charge on any atom is 0.0931 e. The molecule has 0 rings (SSSR count). The van der Waals surface area contributed by atoms with Gasteiger partial charge in [0.25, 0.3) is 0 Å². The molecule has 0 aliphatic heterocycles. The molecule has 0 aromatic carbocycles. The van der Waals surface area contributed by atoms with E-state index in [1.165, 1.54) is 0 Å². The summed E-state index contributed by atoms with van der Waals surface area (Å²) in [5, 5.41) is 0.994. The highest BCUT2D eigenvalue weighted by molar-refractivity contribution is 9.09. The van der Waals surface area contributed by atoms with E-state index in [4.69, 9.17) is 6.42 Å². The molecule has 0 aromatic heterocycles. The Morgan fingerprint density at radius 3 is 2.78 bits per heavy atom. The summed E-state index contributed by atoms with van der Waals surface area (Å²) < 4.78 is 0. The Bertz CT molecular complexity index is 121. The van der Waals surface area contributed by atoms with E-state index in [2.05, 4.69) is 37.8 Å². The fourth-order valence-electron chi connectivity index (χ4n) is 0.334. The highest BCUT2D eigenvalue weighted by Crippen LogP contribution is 2.00. The van der Waals surface area contributed by atoms with Crippen molar-refractivity contribution in [1.82, 2.24) is 0 Å². The van der Waals surface area contributed by atoms with Gasteiger partial charge in [-0.2, -0.15) is 0 Å². The summed E-state index contributed by atoms with van der Waals surface area (Å²) in [5.74, 6) is 2.54. The average molecular weight is 252 g/mol. The Balaban J connectivity index is 3.35. The first-order chi connectivity index (χ1) is 4.31. The van der Waals surface area contributed by atoms with Crippen LogP contribution in [0.3, 0.4) is 0 Å². The standard InChI is InChI=1S/C7H8Br2/c1-2-7(9)5-3-4-6-8/h1,3,5,7H,4,6H2.